The molecule has 16 heavy (non-hydrogen) atoms. The van der Waals surface area contributed by atoms with Gasteiger partial charge in [0.15, 0.2) is 0 Å². The molecule has 1 aromatic rings. The van der Waals surface area contributed by atoms with Gasteiger partial charge in [0.1, 0.15) is 11.9 Å². The SMILES string of the molecule is COC(CN)C(=O)NC(C)Cc1ccco1. The molecule has 0 bridgehead atoms. The molecule has 1 heterocycles. The highest BCUT2D eigenvalue weighted by Gasteiger charge is 2.18. The van der Waals surface area contributed by atoms with Crippen molar-refractivity contribution in [2.24, 2.45) is 5.73 Å². The van der Waals surface area contributed by atoms with Crippen LogP contribution in [0.3, 0.4) is 0 Å². The lowest BCUT2D eigenvalue weighted by molar-refractivity contribution is -0.131. The molecule has 0 aliphatic carbocycles. The summed E-state index contributed by atoms with van der Waals surface area (Å²) in [5.74, 6) is 0.651. The molecule has 0 aliphatic rings. The van der Waals surface area contributed by atoms with Gasteiger partial charge in [0.2, 0.25) is 0 Å². The lowest BCUT2D eigenvalue weighted by Crippen LogP contribution is -2.44. The first-order valence-corrected chi connectivity index (χ1v) is 5.23. The van der Waals surface area contributed by atoms with Crippen molar-refractivity contribution in [2.75, 3.05) is 13.7 Å². The molecule has 1 aromatic heterocycles. The van der Waals surface area contributed by atoms with Crippen LogP contribution in [0.2, 0.25) is 0 Å². The Morgan fingerprint density at radius 1 is 1.69 bits per heavy atom. The fourth-order valence-corrected chi connectivity index (χ4v) is 1.43. The predicted molar refractivity (Wildman–Crippen MR) is 59.9 cm³/mol. The van der Waals surface area contributed by atoms with Crippen molar-refractivity contribution >= 4 is 5.91 Å². The molecule has 5 nitrogen and oxygen atoms in total. The molecule has 5 heteroatoms. The fourth-order valence-electron chi connectivity index (χ4n) is 1.43. The highest BCUT2D eigenvalue weighted by molar-refractivity contribution is 5.81. The van der Waals surface area contributed by atoms with Crippen molar-refractivity contribution < 1.29 is 13.9 Å². The number of furan rings is 1. The van der Waals surface area contributed by atoms with Gasteiger partial charge in [0.05, 0.1) is 6.26 Å². The van der Waals surface area contributed by atoms with Gasteiger partial charge < -0.3 is 20.2 Å². The molecule has 0 radical (unpaired) electrons. The number of nitrogens with one attached hydrogen (secondary N) is 1. The number of amides is 1. The Hall–Kier alpha value is -1.33. The van der Waals surface area contributed by atoms with Crippen LogP contribution in [0.1, 0.15) is 12.7 Å². The summed E-state index contributed by atoms with van der Waals surface area (Å²) in [6.07, 6.45) is 1.68. The van der Waals surface area contributed by atoms with Crippen molar-refractivity contribution in [3.63, 3.8) is 0 Å². The second kappa shape index (κ2) is 6.30. The minimum Gasteiger partial charge on any atom is -0.469 e. The first kappa shape index (κ1) is 12.7. The number of methoxy groups -OCH3 is 1. The maximum absolute atomic E-state index is 11.6. The van der Waals surface area contributed by atoms with Crippen molar-refractivity contribution in [1.82, 2.24) is 5.32 Å². The van der Waals surface area contributed by atoms with Gasteiger partial charge in [-0.1, -0.05) is 0 Å². The van der Waals surface area contributed by atoms with E-state index >= 15 is 0 Å². The number of rotatable bonds is 6. The summed E-state index contributed by atoms with van der Waals surface area (Å²) in [4.78, 5) is 11.6. The third kappa shape index (κ3) is 3.67. The Balaban J connectivity index is 2.39. The van der Waals surface area contributed by atoms with Gasteiger partial charge in [-0.3, -0.25) is 4.79 Å². The van der Waals surface area contributed by atoms with Crippen LogP contribution in [0.4, 0.5) is 0 Å². The van der Waals surface area contributed by atoms with Crippen LogP contribution in [0.5, 0.6) is 0 Å². The lowest BCUT2D eigenvalue weighted by atomic mass is 10.2. The zero-order valence-corrected chi connectivity index (χ0v) is 9.60. The maximum atomic E-state index is 11.6. The van der Waals surface area contributed by atoms with Crippen molar-refractivity contribution in [1.29, 1.82) is 0 Å². The zero-order chi connectivity index (χ0) is 12.0. The van der Waals surface area contributed by atoms with E-state index in [0.29, 0.717) is 6.42 Å². The Kier molecular flexibility index (Phi) is 5.01. The Morgan fingerprint density at radius 2 is 2.44 bits per heavy atom. The highest BCUT2D eigenvalue weighted by Crippen LogP contribution is 2.04. The summed E-state index contributed by atoms with van der Waals surface area (Å²) in [6, 6.07) is 3.68. The van der Waals surface area contributed by atoms with Gasteiger partial charge in [0.25, 0.3) is 5.91 Å². The number of hydrogen-bond donors (Lipinski definition) is 2. The van der Waals surface area contributed by atoms with Gasteiger partial charge >= 0.3 is 0 Å². The van der Waals surface area contributed by atoms with Crippen LogP contribution in [0.15, 0.2) is 22.8 Å². The van der Waals surface area contributed by atoms with Crippen molar-refractivity contribution in [3.05, 3.63) is 24.2 Å². The average Bonchev–Trinajstić information content (AvgIpc) is 2.71. The van der Waals surface area contributed by atoms with Crippen molar-refractivity contribution in [2.45, 2.75) is 25.5 Å². The van der Waals surface area contributed by atoms with E-state index < -0.39 is 6.10 Å². The normalized spacial score (nSPS) is 14.4. The predicted octanol–water partition coefficient (Wildman–Crippen LogP) is 0.301. The van der Waals surface area contributed by atoms with Crippen LogP contribution in [-0.4, -0.2) is 31.7 Å². The first-order chi connectivity index (χ1) is 7.67. The zero-order valence-electron chi connectivity index (χ0n) is 9.60. The minimum absolute atomic E-state index is 0.0113. The molecule has 3 N–H and O–H groups in total. The van der Waals surface area contributed by atoms with E-state index in [1.807, 2.05) is 19.1 Å². The molecule has 2 unspecified atom stereocenters. The monoisotopic (exact) mass is 226 g/mol. The molecule has 1 rings (SSSR count). The smallest absolute Gasteiger partial charge is 0.250 e. The quantitative estimate of drug-likeness (QED) is 0.731. The van der Waals surface area contributed by atoms with Crippen LogP contribution >= 0.6 is 0 Å². The molecular weight excluding hydrogens is 208 g/mol. The second-order valence-electron chi connectivity index (χ2n) is 3.65. The van der Waals surface area contributed by atoms with Crippen LogP contribution in [0, 0.1) is 0 Å². The standard InChI is InChI=1S/C11H18N2O3/c1-8(6-9-4-3-5-16-9)13-11(14)10(7-12)15-2/h3-5,8,10H,6-7,12H2,1-2H3,(H,13,14). The molecule has 0 aromatic carbocycles. The van der Waals surface area contributed by atoms with Crippen molar-refractivity contribution in [3.8, 4) is 0 Å². The summed E-state index contributed by atoms with van der Waals surface area (Å²) in [5, 5.41) is 2.82. The number of ether oxygens (including phenoxy) is 1. The summed E-state index contributed by atoms with van der Waals surface area (Å²) in [7, 11) is 1.47. The molecule has 0 aliphatic heterocycles. The highest BCUT2D eigenvalue weighted by atomic mass is 16.5. The van der Waals surface area contributed by atoms with E-state index in [4.69, 9.17) is 14.9 Å². The molecule has 0 saturated carbocycles. The Labute approximate surface area is 94.9 Å². The molecule has 0 fully saturated rings. The number of hydrogen-bond acceptors (Lipinski definition) is 4. The fraction of sp³-hybridized carbons (Fsp3) is 0.545. The van der Waals surface area contributed by atoms with Crippen LogP contribution in [0.25, 0.3) is 0 Å². The molecule has 0 spiro atoms. The average molecular weight is 226 g/mol. The molecule has 90 valence electrons. The van der Waals surface area contributed by atoms with E-state index in [1.165, 1.54) is 7.11 Å². The van der Waals surface area contributed by atoms with E-state index in [0.717, 1.165) is 5.76 Å². The van der Waals surface area contributed by atoms with E-state index in [1.54, 1.807) is 6.26 Å². The minimum atomic E-state index is -0.584. The van der Waals surface area contributed by atoms with Gasteiger partial charge in [-0.15, -0.1) is 0 Å². The van der Waals surface area contributed by atoms with Crippen LogP contribution in [-0.2, 0) is 16.0 Å². The number of carbonyl (C=O) groups excluding carboxylic acids is 1. The number of nitrogens with two attached hydrogens (primary N) is 1. The van der Waals surface area contributed by atoms with Gasteiger partial charge in [-0.2, -0.15) is 0 Å². The maximum Gasteiger partial charge on any atom is 0.250 e. The van der Waals surface area contributed by atoms with Gasteiger partial charge in [-0.05, 0) is 19.1 Å². The Morgan fingerprint density at radius 3 is 2.94 bits per heavy atom. The molecular formula is C11H18N2O3. The first-order valence-electron chi connectivity index (χ1n) is 5.23. The third-order valence-corrected chi connectivity index (χ3v) is 2.27. The van der Waals surface area contributed by atoms with Gasteiger partial charge in [-0.25, -0.2) is 0 Å². The van der Waals surface area contributed by atoms with E-state index in [9.17, 15) is 4.79 Å². The summed E-state index contributed by atoms with van der Waals surface area (Å²) in [5.41, 5.74) is 5.39. The van der Waals surface area contributed by atoms with Crippen LogP contribution < -0.4 is 11.1 Å². The Bertz CT molecular complexity index is 307. The summed E-state index contributed by atoms with van der Waals surface area (Å²) in [6.45, 7) is 2.08. The largest absolute Gasteiger partial charge is 0.469 e. The molecule has 0 saturated heterocycles. The summed E-state index contributed by atoms with van der Waals surface area (Å²) >= 11 is 0. The van der Waals surface area contributed by atoms with E-state index in [2.05, 4.69) is 5.32 Å². The number of carbonyl (C=O) groups is 1. The lowest BCUT2D eigenvalue weighted by Gasteiger charge is -2.17. The molecule has 1 amide bonds. The third-order valence-electron chi connectivity index (χ3n) is 2.27. The summed E-state index contributed by atoms with van der Waals surface area (Å²) < 4.78 is 10.1. The van der Waals surface area contributed by atoms with Gasteiger partial charge in [0, 0.05) is 26.1 Å². The topological polar surface area (TPSA) is 77.5 Å². The second-order valence-corrected chi connectivity index (χ2v) is 3.65. The van der Waals surface area contributed by atoms with E-state index in [-0.39, 0.29) is 18.5 Å². The molecule has 2 atom stereocenters.